The van der Waals surface area contributed by atoms with Crippen LogP contribution in [0.2, 0.25) is 5.02 Å². The number of rotatable bonds is 7. The quantitative estimate of drug-likeness (QED) is 0.406. The van der Waals surface area contributed by atoms with Crippen LogP contribution >= 0.6 is 23.4 Å². The first-order chi connectivity index (χ1) is 15.4. The fraction of sp³-hybridized carbons (Fsp3) is 0.227. The van der Waals surface area contributed by atoms with Crippen LogP contribution in [0.4, 0.5) is 4.79 Å². The number of amides is 3. The lowest BCUT2D eigenvalue weighted by molar-refractivity contribution is -0.121. The van der Waals surface area contributed by atoms with Gasteiger partial charge in [0.05, 0.1) is 5.75 Å². The van der Waals surface area contributed by atoms with Gasteiger partial charge in [-0.15, -0.1) is 10.2 Å². The van der Waals surface area contributed by atoms with Crippen molar-refractivity contribution in [2.75, 3.05) is 5.75 Å². The van der Waals surface area contributed by atoms with Crippen molar-refractivity contribution < 1.29 is 14.4 Å². The average Bonchev–Trinajstić information content (AvgIpc) is 3.14. The number of hydrogen-bond acceptors (Lipinski definition) is 6. The molecule has 3 amide bonds. The molecule has 1 aliphatic rings. The third-order valence-electron chi connectivity index (χ3n) is 4.91. The standard InChI is InChI=1S/C22H20ClN5O3S/c1-13-3-2-4-17(9-13)28-19(10-16-11-20(30)25-21(31)24-16)26-27-22(28)32-12-18(29)14-5-7-15(23)8-6-14/h2-9,16H,10-12H2,1H3,(H2,24,25,30,31). The topological polar surface area (TPSA) is 106 Å². The molecule has 1 atom stereocenters. The maximum atomic E-state index is 12.6. The summed E-state index contributed by atoms with van der Waals surface area (Å²) in [7, 11) is 0. The molecule has 3 aromatic rings. The molecule has 0 bridgehead atoms. The minimum atomic E-state index is -0.518. The van der Waals surface area contributed by atoms with E-state index in [9.17, 15) is 14.4 Å². The third kappa shape index (κ3) is 5.17. The molecule has 1 aromatic heterocycles. The van der Waals surface area contributed by atoms with Crippen molar-refractivity contribution in [2.45, 2.75) is 31.0 Å². The third-order valence-corrected chi connectivity index (χ3v) is 6.09. The molecule has 0 aliphatic carbocycles. The van der Waals surface area contributed by atoms with Crippen molar-refractivity contribution in [3.05, 3.63) is 70.5 Å². The zero-order valence-corrected chi connectivity index (χ0v) is 18.7. The van der Waals surface area contributed by atoms with Gasteiger partial charge in [0.1, 0.15) is 5.82 Å². The SMILES string of the molecule is Cc1cccc(-n2c(CC3CC(=O)NC(=O)N3)nnc2SCC(=O)c2ccc(Cl)cc2)c1. The van der Waals surface area contributed by atoms with Crippen molar-refractivity contribution in [2.24, 2.45) is 0 Å². The number of imide groups is 1. The van der Waals surface area contributed by atoms with Crippen LogP contribution in [0, 0.1) is 6.92 Å². The van der Waals surface area contributed by atoms with E-state index in [-0.39, 0.29) is 23.9 Å². The zero-order valence-electron chi connectivity index (χ0n) is 17.2. The maximum Gasteiger partial charge on any atom is 0.321 e. The molecule has 2 N–H and O–H groups in total. The summed E-state index contributed by atoms with van der Waals surface area (Å²) in [5, 5.41) is 14.7. The van der Waals surface area contributed by atoms with Crippen molar-refractivity contribution in [3.63, 3.8) is 0 Å². The fourth-order valence-electron chi connectivity index (χ4n) is 3.42. The van der Waals surface area contributed by atoms with Gasteiger partial charge >= 0.3 is 6.03 Å². The van der Waals surface area contributed by atoms with E-state index in [4.69, 9.17) is 11.6 Å². The van der Waals surface area contributed by atoms with E-state index in [1.54, 1.807) is 24.3 Å². The highest BCUT2D eigenvalue weighted by atomic mass is 35.5. The number of Topliss-reactive ketones (excluding diaryl/α,β-unsaturated/α-hetero) is 1. The first kappa shape index (κ1) is 22.0. The Bertz CT molecular complexity index is 1160. The summed E-state index contributed by atoms with van der Waals surface area (Å²) in [6.07, 6.45) is 0.482. The lowest BCUT2D eigenvalue weighted by Gasteiger charge is -2.23. The molecule has 10 heteroatoms. The van der Waals surface area contributed by atoms with Crippen LogP contribution in [-0.4, -0.2) is 44.3 Å². The second-order valence-corrected chi connectivity index (χ2v) is 8.80. The van der Waals surface area contributed by atoms with Crippen molar-refractivity contribution in [3.8, 4) is 5.69 Å². The molecule has 0 saturated carbocycles. The fourth-order valence-corrected chi connectivity index (χ4v) is 4.41. The number of halogens is 1. The van der Waals surface area contributed by atoms with Gasteiger partial charge in [-0.2, -0.15) is 0 Å². The molecule has 4 rings (SSSR count). The molecular weight excluding hydrogens is 450 g/mol. The second-order valence-electron chi connectivity index (χ2n) is 7.42. The summed E-state index contributed by atoms with van der Waals surface area (Å²) in [6.45, 7) is 1.98. The number of nitrogens with zero attached hydrogens (tertiary/aromatic N) is 3. The normalized spacial score (nSPS) is 15.9. The highest BCUT2D eigenvalue weighted by molar-refractivity contribution is 7.99. The van der Waals surface area contributed by atoms with Crippen LogP contribution in [-0.2, 0) is 11.2 Å². The minimum Gasteiger partial charge on any atom is -0.334 e. The molecule has 1 aliphatic heterocycles. The molecule has 0 radical (unpaired) electrons. The Labute approximate surface area is 193 Å². The zero-order chi connectivity index (χ0) is 22.7. The van der Waals surface area contributed by atoms with E-state index in [0.29, 0.717) is 28.0 Å². The van der Waals surface area contributed by atoms with E-state index in [0.717, 1.165) is 11.3 Å². The Morgan fingerprint density at radius 3 is 2.69 bits per heavy atom. The molecule has 2 aromatic carbocycles. The highest BCUT2D eigenvalue weighted by Gasteiger charge is 2.27. The van der Waals surface area contributed by atoms with Crippen molar-refractivity contribution in [1.82, 2.24) is 25.4 Å². The minimum absolute atomic E-state index is 0.0526. The Kier molecular flexibility index (Phi) is 6.57. The van der Waals surface area contributed by atoms with E-state index in [2.05, 4.69) is 20.8 Å². The van der Waals surface area contributed by atoms with Gasteiger partial charge in [0.15, 0.2) is 10.9 Å². The molecule has 0 spiro atoms. The van der Waals surface area contributed by atoms with E-state index >= 15 is 0 Å². The Balaban J connectivity index is 1.59. The summed E-state index contributed by atoms with van der Waals surface area (Å²) >= 11 is 7.18. The van der Waals surface area contributed by atoms with Crippen LogP contribution < -0.4 is 10.6 Å². The van der Waals surface area contributed by atoms with Crippen LogP contribution in [0.15, 0.2) is 53.7 Å². The number of aromatic nitrogens is 3. The number of nitrogens with one attached hydrogen (secondary N) is 2. The Hall–Kier alpha value is -3.17. The molecule has 2 heterocycles. The van der Waals surface area contributed by atoms with Gasteiger partial charge in [0, 0.05) is 35.2 Å². The lowest BCUT2D eigenvalue weighted by atomic mass is 10.1. The summed E-state index contributed by atoms with van der Waals surface area (Å²) in [6, 6.07) is 13.7. The van der Waals surface area contributed by atoms with E-state index < -0.39 is 12.1 Å². The first-order valence-corrected chi connectivity index (χ1v) is 11.3. The molecular formula is C22H20ClN5O3S. The Morgan fingerprint density at radius 1 is 1.19 bits per heavy atom. The van der Waals surface area contributed by atoms with Gasteiger partial charge in [0.2, 0.25) is 5.91 Å². The second kappa shape index (κ2) is 9.54. The number of urea groups is 1. The summed E-state index contributed by atoms with van der Waals surface area (Å²) < 4.78 is 1.87. The number of carbonyl (C=O) groups is 3. The van der Waals surface area contributed by atoms with Crippen molar-refractivity contribution >= 4 is 41.1 Å². The first-order valence-electron chi connectivity index (χ1n) is 9.92. The smallest absolute Gasteiger partial charge is 0.321 e. The van der Waals surface area contributed by atoms with Gasteiger partial charge in [-0.3, -0.25) is 19.5 Å². The molecule has 32 heavy (non-hydrogen) atoms. The van der Waals surface area contributed by atoms with Crippen LogP contribution in [0.25, 0.3) is 5.69 Å². The van der Waals surface area contributed by atoms with Crippen LogP contribution in [0.3, 0.4) is 0 Å². The van der Waals surface area contributed by atoms with Gasteiger partial charge in [-0.25, -0.2) is 4.79 Å². The number of hydrogen-bond donors (Lipinski definition) is 2. The van der Waals surface area contributed by atoms with Gasteiger partial charge < -0.3 is 5.32 Å². The monoisotopic (exact) mass is 469 g/mol. The largest absolute Gasteiger partial charge is 0.334 e. The lowest BCUT2D eigenvalue weighted by Crippen LogP contribution is -2.53. The molecule has 1 fully saturated rings. The molecule has 164 valence electrons. The summed E-state index contributed by atoms with van der Waals surface area (Å²) in [5.41, 5.74) is 2.47. The number of thioether (sulfide) groups is 1. The summed E-state index contributed by atoms with van der Waals surface area (Å²) in [4.78, 5) is 36.0. The molecule has 1 saturated heterocycles. The Morgan fingerprint density at radius 2 is 1.97 bits per heavy atom. The van der Waals surface area contributed by atoms with Crippen LogP contribution in [0.1, 0.15) is 28.2 Å². The number of carbonyl (C=O) groups excluding carboxylic acids is 3. The molecule has 8 nitrogen and oxygen atoms in total. The van der Waals surface area contributed by atoms with Gasteiger partial charge in [-0.1, -0.05) is 35.5 Å². The van der Waals surface area contributed by atoms with Crippen LogP contribution in [0.5, 0.6) is 0 Å². The molecule has 1 unspecified atom stereocenters. The number of ketones is 1. The number of benzene rings is 2. The van der Waals surface area contributed by atoms with Gasteiger partial charge in [0.25, 0.3) is 0 Å². The van der Waals surface area contributed by atoms with E-state index in [1.165, 1.54) is 11.8 Å². The van der Waals surface area contributed by atoms with Crippen molar-refractivity contribution in [1.29, 1.82) is 0 Å². The average molecular weight is 470 g/mol. The highest BCUT2D eigenvalue weighted by Crippen LogP contribution is 2.25. The predicted molar refractivity (Wildman–Crippen MR) is 121 cm³/mol. The predicted octanol–water partition coefficient (Wildman–Crippen LogP) is 3.34. The van der Waals surface area contributed by atoms with E-state index in [1.807, 2.05) is 35.8 Å². The van der Waals surface area contributed by atoms with Gasteiger partial charge in [-0.05, 0) is 48.9 Å². The summed E-state index contributed by atoms with van der Waals surface area (Å²) in [5.74, 6) is 0.387. The maximum absolute atomic E-state index is 12.6. The number of aryl methyl sites for hydroxylation is 1.